The fraction of sp³-hybridized carbons (Fsp3) is 0.889. The first-order valence-electron chi connectivity index (χ1n) is 5.02. The highest BCUT2D eigenvalue weighted by molar-refractivity contribution is 5.67. The highest BCUT2D eigenvalue weighted by atomic mass is 16.4. The zero-order valence-corrected chi connectivity index (χ0v) is 8.26. The van der Waals surface area contributed by atoms with E-state index in [0.717, 1.165) is 19.3 Å². The van der Waals surface area contributed by atoms with E-state index in [4.69, 9.17) is 5.11 Å². The summed E-state index contributed by atoms with van der Waals surface area (Å²) >= 11 is 0. The van der Waals surface area contributed by atoms with Crippen LogP contribution in [-0.4, -0.2) is 35.2 Å². The van der Waals surface area contributed by atoms with Gasteiger partial charge in [-0.25, -0.2) is 0 Å². The summed E-state index contributed by atoms with van der Waals surface area (Å²) in [7, 11) is 1.91. The van der Waals surface area contributed by atoms with Gasteiger partial charge in [-0.05, 0) is 25.2 Å². The van der Waals surface area contributed by atoms with Gasteiger partial charge in [0.1, 0.15) is 0 Å². The van der Waals surface area contributed by atoms with E-state index in [9.17, 15) is 4.79 Å². The van der Waals surface area contributed by atoms with Gasteiger partial charge in [0.2, 0.25) is 0 Å². The lowest BCUT2D eigenvalue weighted by atomic mass is 9.81. The van der Waals surface area contributed by atoms with Gasteiger partial charge in [-0.15, -0.1) is 0 Å². The van der Waals surface area contributed by atoms with Crippen molar-refractivity contribution in [2.75, 3.05) is 7.05 Å². The minimum Gasteiger partial charge on any atom is -0.481 e. The van der Waals surface area contributed by atoms with Crippen LogP contribution in [-0.2, 0) is 4.79 Å². The summed E-state index contributed by atoms with van der Waals surface area (Å²) in [5.41, 5.74) is 0. The third kappa shape index (κ3) is 1.71. The number of likely N-dealkylation sites (N-methyl/N-ethyl adjacent to an activating group) is 1. The normalized spacial score (nSPS) is 35.8. The van der Waals surface area contributed by atoms with Crippen molar-refractivity contribution in [2.45, 2.75) is 37.8 Å². The molecule has 0 radical (unpaired) electrons. The summed E-state index contributed by atoms with van der Waals surface area (Å²) in [6.07, 6.45) is 3.16. The summed E-state index contributed by atoms with van der Waals surface area (Å²) in [6, 6.07) is 0.651. The van der Waals surface area contributed by atoms with Crippen LogP contribution in [0.3, 0.4) is 0 Å². The predicted octanol–water partition coefficient (Wildman–Crippen LogP) is 1.31. The number of nitrogens with zero attached hydrogens (tertiary/aromatic N) is 3. The second kappa shape index (κ2) is 3.55. The Bertz CT molecular complexity index is 267. The van der Waals surface area contributed by atoms with Gasteiger partial charge in [-0.1, -0.05) is 5.22 Å². The molecule has 1 N–H and O–H groups in total. The molecular formula is C9H15N3O2. The van der Waals surface area contributed by atoms with E-state index in [2.05, 4.69) is 10.3 Å². The molecular weight excluding hydrogens is 182 g/mol. The largest absolute Gasteiger partial charge is 0.481 e. The van der Waals surface area contributed by atoms with Gasteiger partial charge in [0, 0.05) is 13.5 Å². The van der Waals surface area contributed by atoms with Crippen LogP contribution in [0.5, 0.6) is 0 Å². The molecule has 5 heteroatoms. The molecule has 14 heavy (non-hydrogen) atoms. The number of hydrogen-bond acceptors (Lipinski definition) is 4. The Morgan fingerprint density at radius 3 is 3.07 bits per heavy atom. The molecule has 1 aliphatic carbocycles. The minimum atomic E-state index is -0.692. The summed E-state index contributed by atoms with van der Waals surface area (Å²) in [6.45, 7) is 0. The van der Waals surface area contributed by atoms with E-state index in [1.807, 2.05) is 12.1 Å². The summed E-state index contributed by atoms with van der Waals surface area (Å²) in [5, 5.41) is 18.7. The van der Waals surface area contributed by atoms with Crippen LogP contribution >= 0.6 is 0 Å². The maximum atomic E-state index is 10.6. The van der Waals surface area contributed by atoms with Crippen molar-refractivity contribution in [2.24, 2.45) is 16.3 Å². The summed E-state index contributed by atoms with van der Waals surface area (Å²) in [5.74, 6) is -0.386. The van der Waals surface area contributed by atoms with Crippen LogP contribution in [0.4, 0.5) is 0 Å². The SMILES string of the molecule is CN1N=NC2CCC(CC(=O)O)CC21. The third-order valence-electron chi connectivity index (χ3n) is 3.17. The second-order valence-electron chi connectivity index (χ2n) is 4.19. The summed E-state index contributed by atoms with van der Waals surface area (Å²) < 4.78 is 0. The number of fused-ring (bicyclic) bond motifs is 1. The standard InChI is InChI=1S/C9H15N3O2/c1-12-8-4-6(5-9(13)14)2-3-7(8)10-11-12/h6-8H,2-5H2,1H3,(H,13,14). The molecule has 3 atom stereocenters. The van der Waals surface area contributed by atoms with E-state index >= 15 is 0 Å². The van der Waals surface area contributed by atoms with E-state index in [1.54, 1.807) is 0 Å². The van der Waals surface area contributed by atoms with Gasteiger partial charge in [-0.2, -0.15) is 5.11 Å². The molecule has 0 saturated heterocycles. The fourth-order valence-corrected chi connectivity index (χ4v) is 2.40. The molecule has 0 aromatic heterocycles. The molecule has 1 saturated carbocycles. The zero-order valence-electron chi connectivity index (χ0n) is 8.26. The van der Waals surface area contributed by atoms with Crippen molar-refractivity contribution in [3.8, 4) is 0 Å². The Kier molecular flexibility index (Phi) is 2.39. The second-order valence-corrected chi connectivity index (χ2v) is 4.19. The predicted molar refractivity (Wildman–Crippen MR) is 49.8 cm³/mol. The van der Waals surface area contributed by atoms with Crippen molar-refractivity contribution in [3.63, 3.8) is 0 Å². The molecule has 5 nitrogen and oxygen atoms in total. The van der Waals surface area contributed by atoms with Crippen LogP contribution in [0.15, 0.2) is 10.3 Å². The van der Waals surface area contributed by atoms with Gasteiger partial charge in [0.05, 0.1) is 12.1 Å². The highest BCUT2D eigenvalue weighted by Crippen LogP contribution is 2.34. The number of hydrogen-bond donors (Lipinski definition) is 1. The fourth-order valence-electron chi connectivity index (χ4n) is 2.40. The number of aliphatic carboxylic acids is 1. The Morgan fingerprint density at radius 2 is 2.36 bits per heavy atom. The third-order valence-corrected chi connectivity index (χ3v) is 3.17. The maximum Gasteiger partial charge on any atom is 0.303 e. The zero-order chi connectivity index (χ0) is 10.1. The molecule has 2 rings (SSSR count). The van der Waals surface area contributed by atoms with Crippen LogP contribution < -0.4 is 0 Å². The van der Waals surface area contributed by atoms with Gasteiger partial charge >= 0.3 is 5.97 Å². The van der Waals surface area contributed by atoms with E-state index in [0.29, 0.717) is 18.0 Å². The lowest BCUT2D eigenvalue weighted by Gasteiger charge is -2.31. The van der Waals surface area contributed by atoms with E-state index < -0.39 is 5.97 Å². The molecule has 1 aliphatic heterocycles. The lowest BCUT2D eigenvalue weighted by Crippen LogP contribution is -2.38. The molecule has 78 valence electrons. The van der Waals surface area contributed by atoms with Crippen molar-refractivity contribution in [1.29, 1.82) is 0 Å². The van der Waals surface area contributed by atoms with Crippen molar-refractivity contribution in [1.82, 2.24) is 5.01 Å². The first kappa shape index (κ1) is 9.43. The first-order valence-corrected chi connectivity index (χ1v) is 5.02. The molecule has 1 fully saturated rings. The lowest BCUT2D eigenvalue weighted by molar-refractivity contribution is -0.138. The van der Waals surface area contributed by atoms with E-state index in [1.165, 1.54) is 0 Å². The molecule has 0 bridgehead atoms. The maximum absolute atomic E-state index is 10.6. The monoisotopic (exact) mass is 197 g/mol. The quantitative estimate of drug-likeness (QED) is 0.725. The topological polar surface area (TPSA) is 65.3 Å². The van der Waals surface area contributed by atoms with Crippen LogP contribution in [0, 0.1) is 5.92 Å². The van der Waals surface area contributed by atoms with Crippen molar-refractivity contribution < 1.29 is 9.90 Å². The molecule has 0 aromatic rings. The number of rotatable bonds is 2. The molecule has 3 unspecified atom stereocenters. The number of carbonyl (C=O) groups is 1. The molecule has 0 spiro atoms. The number of carboxylic acid groups (broad SMARTS) is 1. The Balaban J connectivity index is 1.93. The Morgan fingerprint density at radius 1 is 1.57 bits per heavy atom. The summed E-state index contributed by atoms with van der Waals surface area (Å²) in [4.78, 5) is 10.6. The van der Waals surface area contributed by atoms with Gasteiger partial charge in [-0.3, -0.25) is 9.80 Å². The Hall–Kier alpha value is -1.13. The molecule has 0 amide bonds. The average Bonchev–Trinajstić information content (AvgIpc) is 2.47. The molecule has 2 aliphatic rings. The van der Waals surface area contributed by atoms with Crippen LogP contribution in [0.25, 0.3) is 0 Å². The van der Waals surface area contributed by atoms with Gasteiger partial charge in [0.25, 0.3) is 0 Å². The Labute approximate surface area is 82.8 Å². The average molecular weight is 197 g/mol. The van der Waals surface area contributed by atoms with Crippen LogP contribution in [0.2, 0.25) is 0 Å². The highest BCUT2D eigenvalue weighted by Gasteiger charge is 2.37. The first-order chi connectivity index (χ1) is 6.66. The van der Waals surface area contributed by atoms with E-state index in [-0.39, 0.29) is 6.42 Å². The van der Waals surface area contributed by atoms with Crippen molar-refractivity contribution in [3.05, 3.63) is 0 Å². The number of carboxylic acids is 1. The minimum absolute atomic E-state index is 0.289. The smallest absolute Gasteiger partial charge is 0.303 e. The van der Waals surface area contributed by atoms with Gasteiger partial charge in [0.15, 0.2) is 0 Å². The van der Waals surface area contributed by atoms with Crippen molar-refractivity contribution >= 4 is 5.97 Å². The van der Waals surface area contributed by atoms with Gasteiger partial charge < -0.3 is 5.11 Å². The molecule has 0 aromatic carbocycles. The molecule has 1 heterocycles. The van der Waals surface area contributed by atoms with Crippen LogP contribution in [0.1, 0.15) is 25.7 Å².